The molecular formula is C13H20N2O3S. The van der Waals surface area contributed by atoms with Crippen LogP contribution in [0, 0.1) is 12.8 Å². The lowest BCUT2D eigenvalue weighted by Crippen LogP contribution is -2.39. The van der Waals surface area contributed by atoms with Gasteiger partial charge in [-0.2, -0.15) is 0 Å². The van der Waals surface area contributed by atoms with E-state index in [2.05, 4.69) is 4.98 Å². The molecule has 106 valence electrons. The van der Waals surface area contributed by atoms with Gasteiger partial charge in [-0.3, -0.25) is 9.59 Å². The first-order valence-corrected chi connectivity index (χ1v) is 7.19. The van der Waals surface area contributed by atoms with Crippen molar-refractivity contribution in [3.05, 3.63) is 16.1 Å². The van der Waals surface area contributed by atoms with Crippen molar-refractivity contribution in [2.24, 2.45) is 5.92 Å². The SMILES string of the molecule is CCOC(=O)CN(CC(C)C)C(=O)c1csc(C)n1. The van der Waals surface area contributed by atoms with E-state index in [-0.39, 0.29) is 24.3 Å². The number of esters is 1. The molecular weight excluding hydrogens is 264 g/mol. The van der Waals surface area contributed by atoms with E-state index in [0.717, 1.165) is 5.01 Å². The minimum Gasteiger partial charge on any atom is -0.465 e. The van der Waals surface area contributed by atoms with Crippen LogP contribution < -0.4 is 0 Å². The van der Waals surface area contributed by atoms with Crippen molar-refractivity contribution in [2.75, 3.05) is 19.7 Å². The Morgan fingerprint density at radius 2 is 2.16 bits per heavy atom. The van der Waals surface area contributed by atoms with Gasteiger partial charge in [0.25, 0.3) is 5.91 Å². The molecule has 0 radical (unpaired) electrons. The van der Waals surface area contributed by atoms with Crippen LogP contribution in [0.2, 0.25) is 0 Å². The molecule has 0 aliphatic heterocycles. The minimum atomic E-state index is -0.386. The Balaban J connectivity index is 2.78. The van der Waals surface area contributed by atoms with E-state index in [4.69, 9.17) is 4.74 Å². The van der Waals surface area contributed by atoms with E-state index >= 15 is 0 Å². The zero-order chi connectivity index (χ0) is 14.4. The predicted molar refractivity (Wildman–Crippen MR) is 74.2 cm³/mol. The summed E-state index contributed by atoms with van der Waals surface area (Å²) in [7, 11) is 0. The van der Waals surface area contributed by atoms with Crippen molar-refractivity contribution in [1.29, 1.82) is 0 Å². The van der Waals surface area contributed by atoms with E-state index in [9.17, 15) is 9.59 Å². The molecule has 1 aromatic heterocycles. The average molecular weight is 284 g/mol. The molecule has 0 saturated heterocycles. The van der Waals surface area contributed by atoms with Crippen molar-refractivity contribution >= 4 is 23.2 Å². The maximum Gasteiger partial charge on any atom is 0.325 e. The summed E-state index contributed by atoms with van der Waals surface area (Å²) >= 11 is 1.42. The van der Waals surface area contributed by atoms with Crippen LogP contribution in [-0.2, 0) is 9.53 Å². The third-order valence-electron chi connectivity index (χ3n) is 2.34. The van der Waals surface area contributed by atoms with Crippen LogP contribution >= 0.6 is 11.3 Å². The van der Waals surface area contributed by atoms with Gasteiger partial charge >= 0.3 is 5.97 Å². The molecule has 0 saturated carbocycles. The highest BCUT2D eigenvalue weighted by Crippen LogP contribution is 2.12. The minimum absolute atomic E-state index is 0.0264. The molecule has 6 heteroatoms. The number of aryl methyl sites for hydroxylation is 1. The Morgan fingerprint density at radius 3 is 2.63 bits per heavy atom. The number of nitrogens with zero attached hydrogens (tertiary/aromatic N) is 2. The lowest BCUT2D eigenvalue weighted by Gasteiger charge is -2.22. The lowest BCUT2D eigenvalue weighted by molar-refractivity contribution is -0.143. The van der Waals surface area contributed by atoms with Crippen molar-refractivity contribution < 1.29 is 14.3 Å². The molecule has 0 aromatic carbocycles. The molecule has 1 heterocycles. The zero-order valence-corrected chi connectivity index (χ0v) is 12.6. The van der Waals surface area contributed by atoms with Crippen LogP contribution in [0.25, 0.3) is 0 Å². The van der Waals surface area contributed by atoms with Crippen molar-refractivity contribution in [2.45, 2.75) is 27.7 Å². The Kier molecular flexibility index (Phi) is 5.95. The third-order valence-corrected chi connectivity index (χ3v) is 3.11. The van der Waals surface area contributed by atoms with Crippen LogP contribution in [0.4, 0.5) is 0 Å². The van der Waals surface area contributed by atoms with E-state index in [1.54, 1.807) is 12.3 Å². The van der Waals surface area contributed by atoms with Gasteiger partial charge in [-0.15, -0.1) is 11.3 Å². The largest absolute Gasteiger partial charge is 0.465 e. The van der Waals surface area contributed by atoms with Gasteiger partial charge in [-0.1, -0.05) is 13.8 Å². The molecule has 0 fully saturated rings. The first-order chi connectivity index (χ1) is 8.93. The third kappa shape index (κ3) is 4.98. The smallest absolute Gasteiger partial charge is 0.325 e. The fourth-order valence-corrected chi connectivity index (χ4v) is 2.23. The number of carbonyl (C=O) groups is 2. The summed E-state index contributed by atoms with van der Waals surface area (Å²) in [6.07, 6.45) is 0. The number of aromatic nitrogens is 1. The van der Waals surface area contributed by atoms with Gasteiger partial charge in [0.1, 0.15) is 12.2 Å². The molecule has 1 amide bonds. The second kappa shape index (κ2) is 7.23. The van der Waals surface area contributed by atoms with Gasteiger partial charge in [0.05, 0.1) is 11.6 Å². The normalized spacial score (nSPS) is 10.6. The number of carbonyl (C=O) groups excluding carboxylic acids is 2. The molecule has 19 heavy (non-hydrogen) atoms. The van der Waals surface area contributed by atoms with Gasteiger partial charge in [0.15, 0.2) is 0 Å². The van der Waals surface area contributed by atoms with Crippen molar-refractivity contribution in [1.82, 2.24) is 9.88 Å². The van der Waals surface area contributed by atoms with Crippen LogP contribution in [0.1, 0.15) is 36.3 Å². The number of hydrogen-bond donors (Lipinski definition) is 0. The summed E-state index contributed by atoms with van der Waals surface area (Å²) in [6, 6.07) is 0. The molecule has 5 nitrogen and oxygen atoms in total. The molecule has 0 atom stereocenters. The standard InChI is InChI=1S/C13H20N2O3S/c1-5-18-12(16)7-15(6-9(2)3)13(17)11-8-19-10(4)14-11/h8-9H,5-7H2,1-4H3. The Bertz CT molecular complexity index is 443. The van der Waals surface area contributed by atoms with Gasteiger partial charge in [-0.05, 0) is 19.8 Å². The Hall–Kier alpha value is -1.43. The fourth-order valence-electron chi connectivity index (χ4n) is 1.65. The molecule has 0 unspecified atom stereocenters. The summed E-state index contributed by atoms with van der Waals surface area (Å²) in [5.74, 6) is -0.326. The van der Waals surface area contributed by atoms with Crippen LogP contribution in [0.3, 0.4) is 0 Å². The van der Waals surface area contributed by atoms with E-state index < -0.39 is 0 Å². The second-order valence-electron chi connectivity index (χ2n) is 4.64. The fraction of sp³-hybridized carbons (Fsp3) is 0.615. The van der Waals surface area contributed by atoms with E-state index in [1.807, 2.05) is 20.8 Å². The topological polar surface area (TPSA) is 59.5 Å². The summed E-state index contributed by atoms with van der Waals surface area (Å²) < 4.78 is 4.89. The maximum absolute atomic E-state index is 12.3. The van der Waals surface area contributed by atoms with Gasteiger partial charge in [0.2, 0.25) is 0 Å². The monoisotopic (exact) mass is 284 g/mol. The first kappa shape index (κ1) is 15.6. The number of ether oxygens (including phenoxy) is 1. The zero-order valence-electron chi connectivity index (χ0n) is 11.8. The summed E-state index contributed by atoms with van der Waals surface area (Å²) in [5.41, 5.74) is 0.396. The molecule has 1 rings (SSSR count). The second-order valence-corrected chi connectivity index (χ2v) is 5.70. The maximum atomic E-state index is 12.3. The molecule has 1 aromatic rings. The quantitative estimate of drug-likeness (QED) is 0.751. The van der Waals surface area contributed by atoms with Crippen molar-refractivity contribution in [3.63, 3.8) is 0 Å². The van der Waals surface area contributed by atoms with Crippen LogP contribution in [0.5, 0.6) is 0 Å². The number of hydrogen-bond acceptors (Lipinski definition) is 5. The van der Waals surface area contributed by atoms with Crippen LogP contribution in [0.15, 0.2) is 5.38 Å². The Morgan fingerprint density at radius 1 is 1.47 bits per heavy atom. The first-order valence-electron chi connectivity index (χ1n) is 6.31. The van der Waals surface area contributed by atoms with Crippen molar-refractivity contribution in [3.8, 4) is 0 Å². The number of rotatable bonds is 6. The molecule has 0 N–H and O–H groups in total. The molecule has 0 aliphatic rings. The van der Waals surface area contributed by atoms with Crippen LogP contribution in [-0.4, -0.2) is 41.5 Å². The predicted octanol–water partition coefficient (Wildman–Crippen LogP) is 2.11. The van der Waals surface area contributed by atoms with Gasteiger partial charge < -0.3 is 9.64 Å². The molecule has 0 bridgehead atoms. The molecule has 0 spiro atoms. The van der Waals surface area contributed by atoms with E-state index in [0.29, 0.717) is 18.8 Å². The summed E-state index contributed by atoms with van der Waals surface area (Å²) in [6.45, 7) is 8.39. The average Bonchev–Trinajstić information content (AvgIpc) is 2.73. The number of amides is 1. The lowest BCUT2D eigenvalue weighted by atomic mass is 10.2. The highest BCUT2D eigenvalue weighted by molar-refractivity contribution is 7.09. The highest BCUT2D eigenvalue weighted by atomic mass is 32.1. The van der Waals surface area contributed by atoms with Gasteiger partial charge in [0, 0.05) is 11.9 Å². The number of thiazole rings is 1. The summed E-state index contributed by atoms with van der Waals surface area (Å²) in [4.78, 5) is 29.5. The molecule has 0 aliphatic carbocycles. The van der Waals surface area contributed by atoms with Gasteiger partial charge in [-0.25, -0.2) is 4.98 Å². The summed E-state index contributed by atoms with van der Waals surface area (Å²) in [5, 5.41) is 2.56. The highest BCUT2D eigenvalue weighted by Gasteiger charge is 2.22. The Labute approximate surface area is 117 Å². The van der Waals surface area contributed by atoms with E-state index in [1.165, 1.54) is 16.2 Å².